The number of allylic oxidation sites excluding steroid dienone is 1. The first-order valence-electron chi connectivity index (χ1n) is 12.4. The van der Waals surface area contributed by atoms with Gasteiger partial charge in [0.1, 0.15) is 23.2 Å². The molecule has 3 N–H and O–H groups in total. The Morgan fingerprint density at radius 1 is 0.975 bits per heavy atom. The Morgan fingerprint density at radius 3 is 2.40 bits per heavy atom. The van der Waals surface area contributed by atoms with Gasteiger partial charge in [0.15, 0.2) is 0 Å². The molecular formula is C29H26N6O5. The van der Waals surface area contributed by atoms with Crippen LogP contribution in [0.25, 0.3) is 0 Å². The monoisotopic (exact) mass is 538 g/mol. The lowest BCUT2D eigenvalue weighted by Crippen LogP contribution is -2.32. The van der Waals surface area contributed by atoms with Crippen LogP contribution in [-0.4, -0.2) is 33.6 Å². The summed E-state index contributed by atoms with van der Waals surface area (Å²) in [5, 5.41) is 25.3. The molecular weight excluding hydrogens is 512 g/mol. The van der Waals surface area contributed by atoms with Crippen molar-refractivity contribution < 1.29 is 19.2 Å². The van der Waals surface area contributed by atoms with E-state index in [0.717, 1.165) is 5.56 Å². The van der Waals surface area contributed by atoms with Gasteiger partial charge in [0.25, 0.3) is 17.5 Å². The molecule has 0 unspecified atom stereocenters. The van der Waals surface area contributed by atoms with E-state index >= 15 is 0 Å². The maximum atomic E-state index is 13.8. The number of nitrogens with zero attached hydrogens (tertiary/aromatic N) is 3. The lowest BCUT2D eigenvalue weighted by Gasteiger charge is -2.30. The van der Waals surface area contributed by atoms with E-state index in [0.29, 0.717) is 28.6 Å². The van der Waals surface area contributed by atoms with Gasteiger partial charge in [-0.25, -0.2) is 4.68 Å². The molecule has 1 aliphatic heterocycles. The van der Waals surface area contributed by atoms with Crippen molar-refractivity contribution in [3.8, 4) is 5.75 Å². The fourth-order valence-electron chi connectivity index (χ4n) is 4.66. The number of nitro groups is 1. The first-order valence-corrected chi connectivity index (χ1v) is 12.4. The summed E-state index contributed by atoms with van der Waals surface area (Å²) in [6, 6.07) is 19.4. The molecule has 202 valence electrons. The van der Waals surface area contributed by atoms with E-state index in [-0.39, 0.29) is 22.4 Å². The van der Waals surface area contributed by atoms with Gasteiger partial charge >= 0.3 is 0 Å². The second kappa shape index (κ2) is 10.7. The summed E-state index contributed by atoms with van der Waals surface area (Å²) in [7, 11) is 1.49. The predicted molar refractivity (Wildman–Crippen MR) is 151 cm³/mol. The molecule has 11 nitrogen and oxygen atoms in total. The quantitative estimate of drug-likeness (QED) is 0.215. The van der Waals surface area contributed by atoms with Crippen LogP contribution in [0.4, 0.5) is 22.9 Å². The molecule has 40 heavy (non-hydrogen) atoms. The third-order valence-corrected chi connectivity index (χ3v) is 6.61. The zero-order chi connectivity index (χ0) is 28.4. The van der Waals surface area contributed by atoms with Crippen molar-refractivity contribution in [3.05, 3.63) is 117 Å². The Bertz CT molecular complexity index is 1660. The lowest BCUT2D eigenvalue weighted by atomic mass is 9.93. The average molecular weight is 539 g/mol. The van der Waals surface area contributed by atoms with Crippen molar-refractivity contribution in [2.75, 3.05) is 23.1 Å². The molecule has 3 aromatic carbocycles. The third-order valence-electron chi connectivity index (χ3n) is 6.61. The number of aromatic nitrogens is 2. The van der Waals surface area contributed by atoms with Crippen LogP contribution in [0.5, 0.6) is 5.75 Å². The van der Waals surface area contributed by atoms with Gasteiger partial charge in [-0.15, -0.1) is 0 Å². The largest absolute Gasteiger partial charge is 0.495 e. The van der Waals surface area contributed by atoms with Crippen molar-refractivity contribution in [1.82, 2.24) is 9.78 Å². The zero-order valence-electron chi connectivity index (χ0n) is 22.0. The number of nitro benzene ring substituents is 1. The summed E-state index contributed by atoms with van der Waals surface area (Å²) in [6.45, 7) is 3.63. The van der Waals surface area contributed by atoms with Crippen molar-refractivity contribution >= 4 is 34.7 Å². The van der Waals surface area contributed by atoms with Crippen molar-refractivity contribution in [3.63, 3.8) is 0 Å². The minimum atomic E-state index is -1.01. The molecule has 2 heterocycles. The average Bonchev–Trinajstić information content (AvgIpc) is 3.37. The molecule has 1 aliphatic rings. The molecule has 0 fully saturated rings. The van der Waals surface area contributed by atoms with E-state index in [1.54, 1.807) is 61.5 Å². The molecule has 2 amide bonds. The smallest absolute Gasteiger partial charge is 0.275 e. The van der Waals surface area contributed by atoms with E-state index in [2.05, 4.69) is 21.0 Å². The number of methoxy groups -OCH3 is 1. The Balaban J connectivity index is 1.59. The van der Waals surface area contributed by atoms with E-state index in [9.17, 15) is 19.7 Å². The van der Waals surface area contributed by atoms with Crippen LogP contribution in [0.1, 0.15) is 34.5 Å². The molecule has 4 aromatic rings. The lowest BCUT2D eigenvalue weighted by molar-refractivity contribution is -0.385. The standard InChI is InChI=1S/C29H26N6O5/c1-17-12-14-19(15-13-17)32-28(36)21-16-30-34-26(20-8-4-6-10-23(20)35(38)39)25(18(2)31-27(21)34)29(37)33-22-9-5-7-11-24(22)40-3/h4-16,26,31H,1-3H3,(H,32,36)(H,33,37)/t26-/m1/s1. The number of ether oxygens (including phenoxy) is 1. The van der Waals surface area contributed by atoms with Gasteiger partial charge in [-0.3, -0.25) is 19.7 Å². The second-order valence-electron chi connectivity index (χ2n) is 9.21. The second-order valence-corrected chi connectivity index (χ2v) is 9.21. The Labute approximate surface area is 229 Å². The fraction of sp³-hybridized carbons (Fsp3) is 0.138. The number of nitrogens with one attached hydrogen (secondary N) is 3. The number of carbonyl (C=O) groups is 2. The summed E-state index contributed by atoms with van der Waals surface area (Å²) >= 11 is 0. The number of rotatable bonds is 7. The van der Waals surface area contributed by atoms with E-state index < -0.39 is 22.8 Å². The highest BCUT2D eigenvalue weighted by Crippen LogP contribution is 2.41. The molecule has 1 atom stereocenters. The highest BCUT2D eigenvalue weighted by molar-refractivity contribution is 6.10. The highest BCUT2D eigenvalue weighted by Gasteiger charge is 2.38. The zero-order valence-corrected chi connectivity index (χ0v) is 22.0. The number of amides is 2. The van der Waals surface area contributed by atoms with Crippen LogP contribution in [-0.2, 0) is 4.79 Å². The number of fused-ring (bicyclic) bond motifs is 1. The number of carbonyl (C=O) groups excluding carboxylic acids is 2. The summed E-state index contributed by atoms with van der Waals surface area (Å²) in [4.78, 5) is 38.5. The minimum absolute atomic E-state index is 0.183. The van der Waals surface area contributed by atoms with Gasteiger partial charge in [0, 0.05) is 17.5 Å². The van der Waals surface area contributed by atoms with Crippen LogP contribution in [0.2, 0.25) is 0 Å². The van der Waals surface area contributed by atoms with E-state index in [1.165, 1.54) is 24.1 Å². The van der Waals surface area contributed by atoms with Crippen molar-refractivity contribution in [1.29, 1.82) is 0 Å². The Hall–Kier alpha value is -5.45. The third kappa shape index (κ3) is 4.87. The highest BCUT2D eigenvalue weighted by atomic mass is 16.6. The van der Waals surface area contributed by atoms with Crippen LogP contribution >= 0.6 is 0 Å². The van der Waals surface area contributed by atoms with Crippen molar-refractivity contribution in [2.45, 2.75) is 19.9 Å². The van der Waals surface area contributed by atoms with Crippen LogP contribution in [0.3, 0.4) is 0 Å². The number of anilines is 3. The van der Waals surface area contributed by atoms with Gasteiger partial charge < -0.3 is 20.7 Å². The molecule has 0 spiro atoms. The first kappa shape index (κ1) is 26.2. The van der Waals surface area contributed by atoms with Crippen LogP contribution in [0.15, 0.2) is 90.3 Å². The minimum Gasteiger partial charge on any atom is -0.495 e. The van der Waals surface area contributed by atoms with Gasteiger partial charge in [0.2, 0.25) is 0 Å². The van der Waals surface area contributed by atoms with E-state index in [1.807, 2.05) is 19.1 Å². The number of benzene rings is 3. The van der Waals surface area contributed by atoms with Gasteiger partial charge in [-0.05, 0) is 44.2 Å². The summed E-state index contributed by atoms with van der Waals surface area (Å²) in [6.07, 6.45) is 1.38. The summed E-state index contributed by atoms with van der Waals surface area (Å²) in [5.41, 5.74) is 2.97. The molecule has 0 radical (unpaired) electrons. The molecule has 0 aliphatic carbocycles. The maximum absolute atomic E-state index is 13.8. The molecule has 5 rings (SSSR count). The topological polar surface area (TPSA) is 140 Å². The summed E-state index contributed by atoms with van der Waals surface area (Å²) < 4.78 is 6.79. The van der Waals surface area contributed by atoms with Gasteiger partial charge in [0.05, 0.1) is 35.1 Å². The molecule has 0 bridgehead atoms. The maximum Gasteiger partial charge on any atom is 0.275 e. The number of hydrogen-bond acceptors (Lipinski definition) is 7. The SMILES string of the molecule is COc1ccccc1NC(=O)C1=C(C)Nc2c(C(=O)Nc3ccc(C)cc3)cnn2[C@@H]1c1ccccc1[N+](=O)[O-]. The molecule has 1 aromatic heterocycles. The van der Waals surface area contributed by atoms with Crippen LogP contribution < -0.4 is 20.7 Å². The summed E-state index contributed by atoms with van der Waals surface area (Å²) in [5.74, 6) is -0.174. The Morgan fingerprint density at radius 2 is 1.68 bits per heavy atom. The normalized spacial score (nSPS) is 14.1. The van der Waals surface area contributed by atoms with Gasteiger partial charge in [-0.1, -0.05) is 42.0 Å². The predicted octanol–water partition coefficient (Wildman–Crippen LogP) is 5.29. The fourth-order valence-corrected chi connectivity index (χ4v) is 4.66. The first-order chi connectivity index (χ1) is 19.3. The number of aryl methyl sites for hydroxylation is 1. The van der Waals surface area contributed by atoms with Crippen LogP contribution in [0, 0.1) is 17.0 Å². The number of para-hydroxylation sites is 3. The van der Waals surface area contributed by atoms with Crippen molar-refractivity contribution in [2.24, 2.45) is 0 Å². The molecule has 11 heteroatoms. The molecule has 0 saturated carbocycles. The van der Waals surface area contributed by atoms with Gasteiger partial charge in [-0.2, -0.15) is 5.10 Å². The number of hydrogen-bond donors (Lipinski definition) is 3. The Kier molecular flexibility index (Phi) is 7.02. The van der Waals surface area contributed by atoms with E-state index in [4.69, 9.17) is 4.74 Å². The molecule has 0 saturated heterocycles.